The Kier molecular flexibility index (Phi) is 4.37. The van der Waals surface area contributed by atoms with Gasteiger partial charge < -0.3 is 5.32 Å². The zero-order valence-electron chi connectivity index (χ0n) is 11.8. The van der Waals surface area contributed by atoms with Gasteiger partial charge in [0.1, 0.15) is 6.54 Å². The molecule has 6 nitrogen and oxygen atoms in total. The van der Waals surface area contributed by atoms with E-state index in [9.17, 15) is 14.4 Å². The highest BCUT2D eigenvalue weighted by atomic mass is 16.2. The Balaban J connectivity index is 2.62. The summed E-state index contributed by atoms with van der Waals surface area (Å²) in [5.74, 6) is -0.302. The van der Waals surface area contributed by atoms with Crippen molar-refractivity contribution in [3.8, 4) is 0 Å². The van der Waals surface area contributed by atoms with E-state index in [1.807, 2.05) is 0 Å². The molecule has 2 rings (SSSR count). The van der Waals surface area contributed by atoms with Gasteiger partial charge in [-0.2, -0.15) is 0 Å². The number of aromatic nitrogens is 2. The van der Waals surface area contributed by atoms with Gasteiger partial charge >= 0.3 is 5.69 Å². The van der Waals surface area contributed by atoms with E-state index >= 15 is 0 Å². The zero-order valence-corrected chi connectivity index (χ0v) is 11.8. The van der Waals surface area contributed by atoms with E-state index in [1.165, 1.54) is 4.57 Å². The molecule has 2 aromatic rings. The van der Waals surface area contributed by atoms with Crippen LogP contribution in [0.4, 0.5) is 0 Å². The molecule has 0 saturated heterocycles. The molecule has 0 aliphatic rings. The van der Waals surface area contributed by atoms with Gasteiger partial charge in [-0.3, -0.25) is 18.7 Å². The van der Waals surface area contributed by atoms with Crippen LogP contribution in [0.3, 0.4) is 0 Å². The Morgan fingerprint density at radius 2 is 2.00 bits per heavy atom. The van der Waals surface area contributed by atoms with Gasteiger partial charge in [-0.25, -0.2) is 4.79 Å². The maximum absolute atomic E-state index is 12.4. The molecular weight excluding hydrogens is 270 g/mol. The molecule has 0 atom stereocenters. The topological polar surface area (TPSA) is 73.1 Å². The first-order valence-corrected chi connectivity index (χ1v) is 6.70. The van der Waals surface area contributed by atoms with Gasteiger partial charge in [0.25, 0.3) is 5.56 Å². The summed E-state index contributed by atoms with van der Waals surface area (Å²) in [6.45, 7) is 5.70. The lowest BCUT2D eigenvalue weighted by atomic mass is 10.2. The summed E-state index contributed by atoms with van der Waals surface area (Å²) in [7, 11) is 0. The smallest absolute Gasteiger partial charge is 0.331 e. The van der Waals surface area contributed by atoms with Gasteiger partial charge in [0.05, 0.1) is 10.9 Å². The van der Waals surface area contributed by atoms with E-state index in [1.54, 1.807) is 37.3 Å². The Hall–Kier alpha value is -2.63. The molecule has 6 heteroatoms. The number of rotatable bonds is 5. The second-order valence-electron chi connectivity index (χ2n) is 4.53. The molecule has 0 aliphatic carbocycles. The normalized spacial score (nSPS) is 10.5. The summed E-state index contributed by atoms with van der Waals surface area (Å²) in [5.41, 5.74) is -0.346. The van der Waals surface area contributed by atoms with E-state index in [4.69, 9.17) is 0 Å². The van der Waals surface area contributed by atoms with E-state index in [-0.39, 0.29) is 24.6 Å². The molecule has 0 spiro atoms. The number of fused-ring (bicyclic) bond motifs is 1. The van der Waals surface area contributed by atoms with Gasteiger partial charge in [-0.1, -0.05) is 18.2 Å². The molecule has 0 saturated carbocycles. The quantitative estimate of drug-likeness (QED) is 0.813. The van der Waals surface area contributed by atoms with Crippen LogP contribution in [0.15, 0.2) is 46.5 Å². The molecule has 21 heavy (non-hydrogen) atoms. The highest BCUT2D eigenvalue weighted by Crippen LogP contribution is 2.07. The summed E-state index contributed by atoms with van der Waals surface area (Å²) >= 11 is 0. The van der Waals surface area contributed by atoms with Gasteiger partial charge in [0, 0.05) is 13.1 Å². The Morgan fingerprint density at radius 3 is 2.67 bits per heavy atom. The van der Waals surface area contributed by atoms with E-state index in [0.717, 1.165) is 4.57 Å². The molecule has 1 N–H and O–H groups in total. The van der Waals surface area contributed by atoms with Crippen LogP contribution in [-0.2, 0) is 17.9 Å². The third-order valence-corrected chi connectivity index (χ3v) is 3.19. The maximum Gasteiger partial charge on any atom is 0.331 e. The number of hydrogen-bond acceptors (Lipinski definition) is 3. The Morgan fingerprint density at radius 1 is 1.29 bits per heavy atom. The van der Waals surface area contributed by atoms with Crippen molar-refractivity contribution in [3.05, 3.63) is 57.8 Å². The van der Waals surface area contributed by atoms with Crippen LogP contribution in [0, 0.1) is 0 Å². The van der Waals surface area contributed by atoms with Crippen LogP contribution >= 0.6 is 0 Å². The van der Waals surface area contributed by atoms with Crippen LogP contribution in [-0.4, -0.2) is 21.6 Å². The van der Waals surface area contributed by atoms with E-state index < -0.39 is 5.69 Å². The SMILES string of the molecule is C=CCNC(=O)Cn1c(=O)n(CC)c(=O)c2ccccc21. The van der Waals surface area contributed by atoms with Crippen LogP contribution in [0.2, 0.25) is 0 Å². The fraction of sp³-hybridized carbons (Fsp3) is 0.267. The standard InChI is InChI=1S/C15H17N3O3/c1-3-9-16-13(19)10-18-12-8-6-5-7-11(12)14(20)17(4-2)15(18)21/h3,5-8H,1,4,9-10H2,2H3,(H,16,19). The van der Waals surface area contributed by atoms with Crippen LogP contribution < -0.4 is 16.6 Å². The van der Waals surface area contributed by atoms with Gasteiger partial charge in [-0.05, 0) is 19.1 Å². The molecule has 1 aromatic carbocycles. The van der Waals surface area contributed by atoms with Gasteiger partial charge in [-0.15, -0.1) is 6.58 Å². The minimum Gasteiger partial charge on any atom is -0.351 e. The minimum absolute atomic E-state index is 0.131. The highest BCUT2D eigenvalue weighted by molar-refractivity contribution is 5.81. The number of nitrogens with one attached hydrogen (secondary N) is 1. The molecule has 1 heterocycles. The average molecular weight is 287 g/mol. The molecule has 0 unspecified atom stereocenters. The summed E-state index contributed by atoms with van der Waals surface area (Å²) in [6, 6.07) is 6.78. The predicted molar refractivity (Wildman–Crippen MR) is 81.3 cm³/mol. The second-order valence-corrected chi connectivity index (χ2v) is 4.53. The van der Waals surface area contributed by atoms with E-state index in [2.05, 4.69) is 11.9 Å². The number of hydrogen-bond donors (Lipinski definition) is 1. The monoisotopic (exact) mass is 287 g/mol. The Bertz CT molecular complexity index is 802. The molecule has 1 amide bonds. The van der Waals surface area contributed by atoms with Crippen molar-refractivity contribution in [1.29, 1.82) is 0 Å². The number of benzene rings is 1. The third kappa shape index (κ3) is 2.79. The molecule has 0 bridgehead atoms. The van der Waals surface area contributed by atoms with Crippen LogP contribution in [0.5, 0.6) is 0 Å². The number of amides is 1. The number of carbonyl (C=O) groups excluding carboxylic acids is 1. The third-order valence-electron chi connectivity index (χ3n) is 3.19. The average Bonchev–Trinajstić information content (AvgIpc) is 2.50. The maximum atomic E-state index is 12.4. The van der Waals surface area contributed by atoms with E-state index in [0.29, 0.717) is 17.4 Å². The molecular formula is C15H17N3O3. The minimum atomic E-state index is -0.477. The number of nitrogens with zero attached hydrogens (tertiary/aromatic N) is 2. The lowest BCUT2D eigenvalue weighted by Gasteiger charge is -2.12. The first-order valence-electron chi connectivity index (χ1n) is 6.70. The summed E-state index contributed by atoms with van der Waals surface area (Å²) in [6.07, 6.45) is 1.56. The molecule has 0 fully saturated rings. The second kappa shape index (κ2) is 6.21. The Labute approximate surface area is 121 Å². The molecule has 110 valence electrons. The van der Waals surface area contributed by atoms with Crippen molar-refractivity contribution in [3.63, 3.8) is 0 Å². The lowest BCUT2D eigenvalue weighted by molar-refractivity contribution is -0.121. The largest absolute Gasteiger partial charge is 0.351 e. The highest BCUT2D eigenvalue weighted by Gasteiger charge is 2.13. The fourth-order valence-corrected chi connectivity index (χ4v) is 2.19. The fourth-order valence-electron chi connectivity index (χ4n) is 2.19. The van der Waals surface area contributed by atoms with Crippen molar-refractivity contribution in [2.24, 2.45) is 0 Å². The molecule has 0 radical (unpaired) electrons. The van der Waals surface area contributed by atoms with Crippen molar-refractivity contribution in [2.45, 2.75) is 20.0 Å². The zero-order chi connectivity index (χ0) is 15.4. The molecule has 0 aliphatic heterocycles. The first-order chi connectivity index (χ1) is 10.1. The summed E-state index contributed by atoms with van der Waals surface area (Å²) in [5, 5.41) is 3.05. The number of carbonyl (C=O) groups is 1. The lowest BCUT2D eigenvalue weighted by Crippen LogP contribution is -2.42. The number of para-hydroxylation sites is 1. The van der Waals surface area contributed by atoms with Crippen LogP contribution in [0.25, 0.3) is 10.9 Å². The van der Waals surface area contributed by atoms with Gasteiger partial charge in [0.2, 0.25) is 5.91 Å². The summed E-state index contributed by atoms with van der Waals surface area (Å²) < 4.78 is 2.45. The predicted octanol–water partition coefficient (Wildman–Crippen LogP) is 0.485. The van der Waals surface area contributed by atoms with Crippen molar-refractivity contribution < 1.29 is 4.79 Å². The summed E-state index contributed by atoms with van der Waals surface area (Å²) in [4.78, 5) is 36.4. The van der Waals surface area contributed by atoms with Crippen molar-refractivity contribution >= 4 is 16.8 Å². The van der Waals surface area contributed by atoms with Gasteiger partial charge in [0.15, 0.2) is 0 Å². The first kappa shape index (κ1) is 14.8. The van der Waals surface area contributed by atoms with Crippen molar-refractivity contribution in [2.75, 3.05) is 6.54 Å². The van der Waals surface area contributed by atoms with Crippen LogP contribution in [0.1, 0.15) is 6.92 Å². The molecule has 1 aromatic heterocycles. The van der Waals surface area contributed by atoms with Crippen molar-refractivity contribution in [1.82, 2.24) is 14.5 Å².